The Morgan fingerprint density at radius 2 is 2.21 bits per heavy atom. The predicted molar refractivity (Wildman–Crippen MR) is 72.0 cm³/mol. The first kappa shape index (κ1) is 14.4. The third-order valence-electron chi connectivity index (χ3n) is 3.45. The van der Waals surface area contributed by atoms with Gasteiger partial charge in [0.1, 0.15) is 11.6 Å². The molecular formula is C14H21F2N3. The van der Waals surface area contributed by atoms with Crippen molar-refractivity contribution in [3.63, 3.8) is 0 Å². The van der Waals surface area contributed by atoms with Gasteiger partial charge in [0.2, 0.25) is 0 Å². The average Bonchev–Trinajstić information content (AvgIpc) is 2.33. The summed E-state index contributed by atoms with van der Waals surface area (Å²) in [7, 11) is 4.06. The van der Waals surface area contributed by atoms with E-state index in [1.807, 2.05) is 7.05 Å². The maximum absolute atomic E-state index is 13.6. The Hall–Kier alpha value is -1.04. The molecule has 1 atom stereocenters. The van der Waals surface area contributed by atoms with Crippen molar-refractivity contribution < 1.29 is 8.78 Å². The van der Waals surface area contributed by atoms with Crippen molar-refractivity contribution in [3.05, 3.63) is 35.4 Å². The van der Waals surface area contributed by atoms with Crippen molar-refractivity contribution in [3.8, 4) is 0 Å². The van der Waals surface area contributed by atoms with Crippen LogP contribution < -0.4 is 5.32 Å². The molecule has 1 N–H and O–H groups in total. The zero-order chi connectivity index (χ0) is 13.8. The molecule has 19 heavy (non-hydrogen) atoms. The molecule has 0 radical (unpaired) electrons. The molecule has 1 aromatic rings. The highest BCUT2D eigenvalue weighted by Crippen LogP contribution is 2.12. The third kappa shape index (κ3) is 4.23. The zero-order valence-corrected chi connectivity index (χ0v) is 11.5. The molecule has 1 aliphatic rings. The molecule has 5 heteroatoms. The SMILES string of the molecule is CN1CCNC(CN(C)Cc2ccc(F)cc2F)C1. The van der Waals surface area contributed by atoms with E-state index in [4.69, 9.17) is 0 Å². The monoisotopic (exact) mass is 269 g/mol. The highest BCUT2D eigenvalue weighted by Gasteiger charge is 2.18. The van der Waals surface area contributed by atoms with Crippen LogP contribution in [-0.2, 0) is 6.54 Å². The minimum Gasteiger partial charge on any atom is -0.310 e. The standard InChI is InChI=1S/C14H21F2N3/c1-18-6-5-17-13(9-18)10-19(2)8-11-3-4-12(15)7-14(11)16/h3-4,7,13,17H,5-6,8-10H2,1-2H3. The van der Waals surface area contributed by atoms with Crippen molar-refractivity contribution in [1.82, 2.24) is 15.1 Å². The topological polar surface area (TPSA) is 18.5 Å². The van der Waals surface area contributed by atoms with E-state index in [-0.39, 0.29) is 0 Å². The Kier molecular flexibility index (Phi) is 4.85. The molecule has 2 rings (SSSR count). The Labute approximate surface area is 113 Å². The highest BCUT2D eigenvalue weighted by molar-refractivity contribution is 5.18. The summed E-state index contributed by atoms with van der Waals surface area (Å²) in [6.07, 6.45) is 0. The summed E-state index contributed by atoms with van der Waals surface area (Å²) >= 11 is 0. The summed E-state index contributed by atoms with van der Waals surface area (Å²) in [4.78, 5) is 4.35. The second kappa shape index (κ2) is 6.41. The molecule has 1 heterocycles. The van der Waals surface area contributed by atoms with Gasteiger partial charge in [-0.2, -0.15) is 0 Å². The Bertz CT molecular complexity index is 425. The first-order chi connectivity index (χ1) is 9.04. The molecular weight excluding hydrogens is 248 g/mol. The number of likely N-dealkylation sites (N-methyl/N-ethyl adjacent to an activating group) is 2. The van der Waals surface area contributed by atoms with E-state index >= 15 is 0 Å². The van der Waals surface area contributed by atoms with Crippen LogP contribution in [0.3, 0.4) is 0 Å². The van der Waals surface area contributed by atoms with Crippen LogP contribution in [-0.4, -0.2) is 56.1 Å². The number of halogens is 2. The van der Waals surface area contributed by atoms with E-state index in [1.54, 1.807) is 0 Å². The fourth-order valence-corrected chi connectivity index (χ4v) is 2.50. The van der Waals surface area contributed by atoms with E-state index in [0.29, 0.717) is 18.2 Å². The maximum Gasteiger partial charge on any atom is 0.130 e. The van der Waals surface area contributed by atoms with E-state index in [1.165, 1.54) is 12.1 Å². The second-order valence-corrected chi connectivity index (χ2v) is 5.35. The van der Waals surface area contributed by atoms with E-state index in [2.05, 4.69) is 22.2 Å². The van der Waals surface area contributed by atoms with Crippen molar-refractivity contribution >= 4 is 0 Å². The minimum atomic E-state index is -0.528. The molecule has 0 amide bonds. The molecule has 1 saturated heterocycles. The van der Waals surface area contributed by atoms with Crippen molar-refractivity contribution in [2.75, 3.05) is 40.3 Å². The molecule has 0 saturated carbocycles. The number of nitrogens with one attached hydrogen (secondary N) is 1. The largest absolute Gasteiger partial charge is 0.310 e. The molecule has 1 fully saturated rings. The average molecular weight is 269 g/mol. The van der Waals surface area contributed by atoms with Crippen molar-refractivity contribution in [1.29, 1.82) is 0 Å². The Morgan fingerprint density at radius 3 is 2.89 bits per heavy atom. The van der Waals surface area contributed by atoms with Gasteiger partial charge in [-0.25, -0.2) is 8.78 Å². The van der Waals surface area contributed by atoms with Gasteiger partial charge in [0.15, 0.2) is 0 Å². The van der Waals surface area contributed by atoms with Crippen LogP contribution in [0.1, 0.15) is 5.56 Å². The van der Waals surface area contributed by atoms with Crippen LogP contribution in [0.15, 0.2) is 18.2 Å². The number of nitrogens with zero attached hydrogens (tertiary/aromatic N) is 2. The van der Waals surface area contributed by atoms with Gasteiger partial charge in [0.05, 0.1) is 0 Å². The van der Waals surface area contributed by atoms with Gasteiger partial charge in [-0.1, -0.05) is 6.07 Å². The number of rotatable bonds is 4. The van der Waals surface area contributed by atoms with Crippen LogP contribution in [0.4, 0.5) is 8.78 Å². The van der Waals surface area contributed by atoms with Crippen LogP contribution >= 0.6 is 0 Å². The molecule has 3 nitrogen and oxygen atoms in total. The molecule has 0 bridgehead atoms. The number of hydrogen-bond donors (Lipinski definition) is 1. The first-order valence-corrected chi connectivity index (χ1v) is 6.59. The van der Waals surface area contributed by atoms with Crippen molar-refractivity contribution in [2.24, 2.45) is 0 Å². The predicted octanol–water partition coefficient (Wildman–Crippen LogP) is 1.30. The van der Waals surface area contributed by atoms with E-state index in [0.717, 1.165) is 32.2 Å². The van der Waals surface area contributed by atoms with Crippen molar-refractivity contribution in [2.45, 2.75) is 12.6 Å². The summed E-state index contributed by atoms with van der Waals surface area (Å²) in [5.74, 6) is -1.000. The number of piperazine rings is 1. The minimum absolute atomic E-state index is 0.396. The van der Waals surface area contributed by atoms with Crippen LogP contribution in [0.2, 0.25) is 0 Å². The molecule has 106 valence electrons. The lowest BCUT2D eigenvalue weighted by Crippen LogP contribution is -2.53. The Morgan fingerprint density at radius 1 is 1.42 bits per heavy atom. The van der Waals surface area contributed by atoms with Gasteiger partial charge < -0.3 is 15.1 Å². The normalized spacial score (nSPS) is 21.0. The van der Waals surface area contributed by atoms with Gasteiger partial charge in [-0.3, -0.25) is 0 Å². The molecule has 0 spiro atoms. The summed E-state index contributed by atoms with van der Waals surface area (Å²) in [6.45, 7) is 4.39. The van der Waals surface area contributed by atoms with Gasteiger partial charge in [-0.15, -0.1) is 0 Å². The smallest absolute Gasteiger partial charge is 0.130 e. The van der Waals surface area contributed by atoms with Crippen LogP contribution in [0.5, 0.6) is 0 Å². The van der Waals surface area contributed by atoms with E-state index < -0.39 is 11.6 Å². The van der Waals surface area contributed by atoms with Gasteiger partial charge >= 0.3 is 0 Å². The quantitative estimate of drug-likeness (QED) is 0.889. The second-order valence-electron chi connectivity index (χ2n) is 5.35. The summed E-state index contributed by atoms with van der Waals surface area (Å²) < 4.78 is 26.4. The lowest BCUT2D eigenvalue weighted by atomic mass is 10.1. The lowest BCUT2D eigenvalue weighted by molar-refractivity contribution is 0.191. The summed E-state index contributed by atoms with van der Waals surface area (Å²) in [5, 5.41) is 3.45. The lowest BCUT2D eigenvalue weighted by Gasteiger charge is -2.33. The molecule has 1 unspecified atom stereocenters. The van der Waals surface area contributed by atoms with Crippen LogP contribution in [0.25, 0.3) is 0 Å². The maximum atomic E-state index is 13.6. The Balaban J connectivity index is 1.88. The molecule has 1 aliphatic heterocycles. The fraction of sp³-hybridized carbons (Fsp3) is 0.571. The first-order valence-electron chi connectivity index (χ1n) is 6.59. The van der Waals surface area contributed by atoms with Gasteiger partial charge in [-0.05, 0) is 20.2 Å². The summed E-state index contributed by atoms with van der Waals surface area (Å²) in [6, 6.07) is 4.16. The number of hydrogen-bond acceptors (Lipinski definition) is 3. The highest BCUT2D eigenvalue weighted by atomic mass is 19.1. The number of benzene rings is 1. The fourth-order valence-electron chi connectivity index (χ4n) is 2.50. The molecule has 0 aliphatic carbocycles. The molecule has 0 aromatic heterocycles. The molecule has 1 aromatic carbocycles. The summed E-state index contributed by atoms with van der Waals surface area (Å²) in [5.41, 5.74) is 0.535. The third-order valence-corrected chi connectivity index (χ3v) is 3.45. The van der Waals surface area contributed by atoms with Gasteiger partial charge in [0.25, 0.3) is 0 Å². The zero-order valence-electron chi connectivity index (χ0n) is 11.5. The van der Waals surface area contributed by atoms with Gasteiger partial charge in [0, 0.05) is 50.4 Å². The van der Waals surface area contributed by atoms with E-state index in [9.17, 15) is 8.78 Å². The van der Waals surface area contributed by atoms with Crippen LogP contribution in [0, 0.1) is 11.6 Å².